The van der Waals surface area contributed by atoms with Crippen molar-refractivity contribution in [1.82, 2.24) is 9.78 Å². The highest BCUT2D eigenvalue weighted by atomic mass is 16.3. The first-order chi connectivity index (χ1) is 8.61. The minimum atomic E-state index is -0.926. The number of rotatable bonds is 1. The summed E-state index contributed by atoms with van der Waals surface area (Å²) in [7, 11) is 1.88. The summed E-state index contributed by atoms with van der Waals surface area (Å²) in [4.78, 5) is 0. The van der Waals surface area contributed by atoms with E-state index in [1.807, 2.05) is 37.5 Å². The van der Waals surface area contributed by atoms with E-state index in [0.717, 1.165) is 24.1 Å². The van der Waals surface area contributed by atoms with Crippen molar-refractivity contribution in [3.63, 3.8) is 0 Å². The molecule has 0 radical (unpaired) electrons. The Balaban J connectivity index is 2.17. The Kier molecular flexibility index (Phi) is 2.52. The van der Waals surface area contributed by atoms with Crippen LogP contribution in [0.15, 0.2) is 36.5 Å². The number of aromatic nitrogens is 2. The van der Waals surface area contributed by atoms with Gasteiger partial charge in [-0.15, -0.1) is 0 Å². The summed E-state index contributed by atoms with van der Waals surface area (Å²) in [6.45, 7) is 2.22. The van der Waals surface area contributed by atoms with Crippen LogP contribution in [0, 0.1) is 0 Å². The summed E-state index contributed by atoms with van der Waals surface area (Å²) in [5.41, 5.74) is 2.09. The van der Waals surface area contributed by atoms with E-state index in [2.05, 4.69) is 18.1 Å². The Morgan fingerprint density at radius 3 is 2.83 bits per heavy atom. The maximum atomic E-state index is 11.1. The molecule has 18 heavy (non-hydrogen) atoms. The fourth-order valence-electron chi connectivity index (χ4n) is 2.92. The van der Waals surface area contributed by atoms with Gasteiger partial charge in [0.05, 0.1) is 5.69 Å². The van der Waals surface area contributed by atoms with Crippen LogP contribution in [0.1, 0.15) is 42.5 Å². The molecule has 2 unspecified atom stereocenters. The Bertz CT molecular complexity index is 575. The van der Waals surface area contributed by atoms with E-state index in [-0.39, 0.29) is 0 Å². The van der Waals surface area contributed by atoms with E-state index < -0.39 is 5.60 Å². The molecule has 1 aromatic carbocycles. The lowest BCUT2D eigenvalue weighted by molar-refractivity contribution is 0.0530. The molecule has 3 heteroatoms. The molecule has 0 fully saturated rings. The number of nitrogens with zero attached hydrogens (tertiary/aromatic N) is 2. The Labute approximate surface area is 107 Å². The molecule has 94 valence electrons. The zero-order chi connectivity index (χ0) is 12.8. The average Bonchev–Trinajstić information content (AvgIpc) is 2.82. The second kappa shape index (κ2) is 3.95. The SMILES string of the molecule is CC1CCC(O)(c2ccn(C)n2)c2ccccc21. The van der Waals surface area contributed by atoms with Gasteiger partial charge in [-0.2, -0.15) is 5.10 Å². The minimum Gasteiger partial charge on any atom is -0.379 e. The molecule has 1 N–H and O–H groups in total. The summed E-state index contributed by atoms with van der Waals surface area (Å²) in [6.07, 6.45) is 3.61. The standard InChI is InChI=1S/C15H18N2O/c1-11-7-9-15(18,14-8-10-17(2)16-14)13-6-4-3-5-12(11)13/h3-6,8,10-11,18H,7,9H2,1-2H3. The normalized spacial score (nSPS) is 26.9. The summed E-state index contributed by atoms with van der Waals surface area (Å²) >= 11 is 0. The van der Waals surface area contributed by atoms with Crippen LogP contribution in [-0.4, -0.2) is 14.9 Å². The molecule has 0 saturated carbocycles. The number of fused-ring (bicyclic) bond motifs is 1. The van der Waals surface area contributed by atoms with Gasteiger partial charge >= 0.3 is 0 Å². The zero-order valence-electron chi connectivity index (χ0n) is 10.8. The van der Waals surface area contributed by atoms with E-state index in [9.17, 15) is 5.11 Å². The van der Waals surface area contributed by atoms with Crippen LogP contribution in [0.5, 0.6) is 0 Å². The van der Waals surface area contributed by atoms with E-state index in [1.54, 1.807) is 4.68 Å². The first-order valence-electron chi connectivity index (χ1n) is 6.43. The van der Waals surface area contributed by atoms with E-state index in [1.165, 1.54) is 5.56 Å². The van der Waals surface area contributed by atoms with Crippen molar-refractivity contribution in [2.45, 2.75) is 31.3 Å². The molecule has 0 spiro atoms. The van der Waals surface area contributed by atoms with Crippen LogP contribution in [0.2, 0.25) is 0 Å². The Morgan fingerprint density at radius 2 is 2.11 bits per heavy atom. The maximum Gasteiger partial charge on any atom is 0.134 e. The molecule has 3 rings (SSSR count). The highest BCUT2D eigenvalue weighted by Gasteiger charge is 2.39. The quantitative estimate of drug-likeness (QED) is 0.834. The highest BCUT2D eigenvalue weighted by Crippen LogP contribution is 2.44. The van der Waals surface area contributed by atoms with Crippen molar-refractivity contribution >= 4 is 0 Å². The molecule has 0 saturated heterocycles. The smallest absolute Gasteiger partial charge is 0.134 e. The largest absolute Gasteiger partial charge is 0.379 e. The molecule has 2 atom stereocenters. The molecule has 1 aromatic heterocycles. The van der Waals surface area contributed by atoms with Crippen LogP contribution in [0.3, 0.4) is 0 Å². The van der Waals surface area contributed by atoms with Crippen molar-refractivity contribution in [1.29, 1.82) is 0 Å². The summed E-state index contributed by atoms with van der Waals surface area (Å²) < 4.78 is 1.74. The van der Waals surface area contributed by atoms with E-state index in [4.69, 9.17) is 0 Å². The second-order valence-corrected chi connectivity index (χ2v) is 5.26. The summed E-state index contributed by atoms with van der Waals surface area (Å²) in [5.74, 6) is 0.505. The average molecular weight is 242 g/mol. The van der Waals surface area contributed by atoms with Crippen LogP contribution in [-0.2, 0) is 12.6 Å². The minimum absolute atomic E-state index is 0.505. The van der Waals surface area contributed by atoms with Gasteiger partial charge in [-0.1, -0.05) is 31.2 Å². The molecule has 0 amide bonds. The van der Waals surface area contributed by atoms with Crippen molar-refractivity contribution in [2.24, 2.45) is 7.05 Å². The Morgan fingerprint density at radius 1 is 1.33 bits per heavy atom. The number of hydrogen-bond donors (Lipinski definition) is 1. The third kappa shape index (κ3) is 1.58. The predicted molar refractivity (Wildman–Crippen MR) is 70.3 cm³/mol. The van der Waals surface area contributed by atoms with Crippen LogP contribution < -0.4 is 0 Å². The van der Waals surface area contributed by atoms with Gasteiger partial charge in [-0.3, -0.25) is 4.68 Å². The monoisotopic (exact) mass is 242 g/mol. The third-order valence-electron chi connectivity index (χ3n) is 4.01. The van der Waals surface area contributed by atoms with E-state index >= 15 is 0 Å². The predicted octanol–water partition coefficient (Wildman–Crippen LogP) is 2.55. The molecule has 1 aliphatic rings. The number of aryl methyl sites for hydroxylation is 1. The molecule has 2 aromatic rings. The lowest BCUT2D eigenvalue weighted by Gasteiger charge is -2.36. The zero-order valence-corrected chi connectivity index (χ0v) is 10.8. The van der Waals surface area contributed by atoms with Gasteiger partial charge in [0.25, 0.3) is 0 Å². The van der Waals surface area contributed by atoms with Gasteiger partial charge in [0, 0.05) is 13.2 Å². The fourth-order valence-corrected chi connectivity index (χ4v) is 2.92. The van der Waals surface area contributed by atoms with Crippen LogP contribution >= 0.6 is 0 Å². The lowest BCUT2D eigenvalue weighted by Crippen LogP contribution is -2.33. The van der Waals surface area contributed by atoms with Crippen molar-refractivity contribution < 1.29 is 5.11 Å². The van der Waals surface area contributed by atoms with Crippen molar-refractivity contribution in [3.8, 4) is 0 Å². The number of hydrogen-bond acceptors (Lipinski definition) is 2. The van der Waals surface area contributed by atoms with Crippen molar-refractivity contribution in [3.05, 3.63) is 53.3 Å². The third-order valence-corrected chi connectivity index (χ3v) is 4.01. The molecule has 0 aliphatic heterocycles. The Hall–Kier alpha value is -1.61. The second-order valence-electron chi connectivity index (χ2n) is 5.26. The van der Waals surface area contributed by atoms with Gasteiger partial charge in [0.1, 0.15) is 5.60 Å². The lowest BCUT2D eigenvalue weighted by atomic mass is 9.73. The summed E-state index contributed by atoms with van der Waals surface area (Å²) in [5, 5.41) is 15.4. The van der Waals surface area contributed by atoms with Gasteiger partial charge in [0.15, 0.2) is 0 Å². The van der Waals surface area contributed by atoms with Gasteiger partial charge in [-0.05, 0) is 36.0 Å². The topological polar surface area (TPSA) is 38.0 Å². The molecule has 0 bridgehead atoms. The highest BCUT2D eigenvalue weighted by molar-refractivity contribution is 5.42. The number of benzene rings is 1. The van der Waals surface area contributed by atoms with Gasteiger partial charge in [-0.25, -0.2) is 0 Å². The fraction of sp³-hybridized carbons (Fsp3) is 0.400. The van der Waals surface area contributed by atoms with Gasteiger partial charge in [0.2, 0.25) is 0 Å². The molecular weight excluding hydrogens is 224 g/mol. The summed E-state index contributed by atoms with van der Waals surface area (Å²) in [6, 6.07) is 10.1. The number of aliphatic hydroxyl groups is 1. The molecule has 1 aliphatic carbocycles. The maximum absolute atomic E-state index is 11.1. The first-order valence-corrected chi connectivity index (χ1v) is 6.43. The van der Waals surface area contributed by atoms with Crippen molar-refractivity contribution in [2.75, 3.05) is 0 Å². The first kappa shape index (κ1) is 11.5. The molecular formula is C15H18N2O. The van der Waals surface area contributed by atoms with E-state index in [0.29, 0.717) is 5.92 Å². The van der Waals surface area contributed by atoms with Crippen LogP contribution in [0.4, 0.5) is 0 Å². The molecule has 1 heterocycles. The van der Waals surface area contributed by atoms with Crippen LogP contribution in [0.25, 0.3) is 0 Å². The molecule has 3 nitrogen and oxygen atoms in total. The van der Waals surface area contributed by atoms with Gasteiger partial charge < -0.3 is 5.11 Å².